The molecule has 0 fully saturated rings. The Morgan fingerprint density at radius 2 is 2.04 bits per heavy atom. The van der Waals surface area contributed by atoms with Gasteiger partial charge in [-0.05, 0) is 51.7 Å². The van der Waals surface area contributed by atoms with Crippen molar-refractivity contribution in [2.24, 2.45) is 0 Å². The first-order valence-electron chi connectivity index (χ1n) is 8.73. The number of hydrogen-bond donors (Lipinski definition) is 0. The molecule has 0 radical (unpaired) electrons. The van der Waals surface area contributed by atoms with E-state index in [4.69, 9.17) is 0 Å². The molecule has 2 aliphatic rings. The van der Waals surface area contributed by atoms with Gasteiger partial charge in [-0.1, -0.05) is 66.8 Å². The molecule has 0 aromatic rings. The van der Waals surface area contributed by atoms with E-state index >= 15 is 0 Å². The predicted octanol–water partition coefficient (Wildman–Crippen LogP) is 6.87. The molecular formula is C22H29NS. The molecule has 0 aromatic heterocycles. The van der Waals surface area contributed by atoms with Crippen LogP contribution in [0.25, 0.3) is 0 Å². The van der Waals surface area contributed by atoms with Crippen LogP contribution in [-0.4, -0.2) is 11.9 Å². The third-order valence-electron chi connectivity index (χ3n) is 4.53. The van der Waals surface area contributed by atoms with Crippen LogP contribution in [0.3, 0.4) is 0 Å². The van der Waals surface area contributed by atoms with Crippen molar-refractivity contribution < 1.29 is 0 Å². The lowest BCUT2D eigenvalue weighted by Crippen LogP contribution is -2.25. The normalized spacial score (nSPS) is 24.4. The standard InChI is InChI=1S/C22H29NS/c1-7-13-19(16(4)8-2)21-17(5)24-20(9-3)22(23(21)6)18-14-11-10-12-15-18/h7,9-14H,8,15H2,1-6H3/b13-7-,19-16+,20-9+,22-18+. The molecular weight excluding hydrogens is 310 g/mol. The first kappa shape index (κ1) is 18.7. The minimum absolute atomic E-state index is 0.996. The number of allylic oxidation sites excluding steroid dienone is 10. The minimum atomic E-state index is 0.996. The highest BCUT2D eigenvalue weighted by Gasteiger charge is 2.27. The summed E-state index contributed by atoms with van der Waals surface area (Å²) >= 11 is 1.90. The maximum absolute atomic E-state index is 2.40. The highest BCUT2D eigenvalue weighted by atomic mass is 32.2. The molecule has 1 nitrogen and oxygen atoms in total. The Morgan fingerprint density at radius 1 is 1.29 bits per heavy atom. The van der Waals surface area contributed by atoms with E-state index in [1.54, 1.807) is 0 Å². The minimum Gasteiger partial charge on any atom is -0.342 e. The molecule has 2 rings (SSSR count). The third kappa shape index (κ3) is 3.70. The average Bonchev–Trinajstić information content (AvgIpc) is 2.60. The Bertz CT molecular complexity index is 708. The molecule has 1 aliphatic carbocycles. The van der Waals surface area contributed by atoms with Crippen molar-refractivity contribution in [3.8, 4) is 0 Å². The Hall–Kier alpha value is -1.67. The Morgan fingerprint density at radius 3 is 2.58 bits per heavy atom. The molecule has 0 bridgehead atoms. The van der Waals surface area contributed by atoms with Crippen LogP contribution in [0, 0.1) is 0 Å². The van der Waals surface area contributed by atoms with Gasteiger partial charge in [-0.25, -0.2) is 0 Å². The summed E-state index contributed by atoms with van der Waals surface area (Å²) in [6.45, 7) is 11.0. The maximum atomic E-state index is 2.40. The zero-order valence-electron chi connectivity index (χ0n) is 15.8. The molecule has 0 amide bonds. The third-order valence-corrected chi connectivity index (χ3v) is 5.68. The van der Waals surface area contributed by atoms with Gasteiger partial charge in [0.05, 0.1) is 11.4 Å². The van der Waals surface area contributed by atoms with Crippen molar-refractivity contribution in [3.63, 3.8) is 0 Å². The van der Waals surface area contributed by atoms with Gasteiger partial charge in [0.15, 0.2) is 0 Å². The summed E-state index contributed by atoms with van der Waals surface area (Å²) in [5, 5.41) is 0. The number of rotatable bonds is 3. The number of likely N-dealkylation sites (N-methyl/N-ethyl adjacent to an activating group) is 1. The van der Waals surface area contributed by atoms with Crippen molar-refractivity contribution in [3.05, 3.63) is 80.5 Å². The molecule has 0 saturated heterocycles. The van der Waals surface area contributed by atoms with Crippen LogP contribution in [0.4, 0.5) is 0 Å². The summed E-state index contributed by atoms with van der Waals surface area (Å²) in [6.07, 6.45) is 17.5. The van der Waals surface area contributed by atoms with E-state index in [1.165, 1.54) is 37.9 Å². The number of thioether (sulfide) groups is 1. The fraction of sp³-hybridized carbons (Fsp3) is 0.364. The molecule has 0 aromatic carbocycles. The molecule has 0 unspecified atom stereocenters. The van der Waals surface area contributed by atoms with Gasteiger partial charge in [0.25, 0.3) is 0 Å². The fourth-order valence-corrected chi connectivity index (χ4v) is 4.34. The molecule has 0 saturated carbocycles. The van der Waals surface area contributed by atoms with Gasteiger partial charge in [0, 0.05) is 16.9 Å². The highest BCUT2D eigenvalue weighted by Crippen LogP contribution is 2.46. The molecule has 128 valence electrons. The Kier molecular flexibility index (Phi) is 6.56. The van der Waals surface area contributed by atoms with E-state index in [2.05, 4.69) is 89.1 Å². The van der Waals surface area contributed by atoms with Gasteiger partial charge >= 0.3 is 0 Å². The summed E-state index contributed by atoms with van der Waals surface area (Å²) in [7, 11) is 2.21. The lowest BCUT2D eigenvalue weighted by atomic mass is 9.99. The van der Waals surface area contributed by atoms with Crippen LogP contribution in [0.5, 0.6) is 0 Å². The van der Waals surface area contributed by atoms with Crippen molar-refractivity contribution in [1.82, 2.24) is 4.90 Å². The van der Waals surface area contributed by atoms with Crippen LogP contribution in [0.15, 0.2) is 80.5 Å². The highest BCUT2D eigenvalue weighted by molar-refractivity contribution is 8.07. The smallest absolute Gasteiger partial charge is 0.0582 e. The molecule has 1 aliphatic heterocycles. The van der Waals surface area contributed by atoms with Crippen LogP contribution in [0.1, 0.15) is 47.5 Å². The van der Waals surface area contributed by atoms with Gasteiger partial charge in [0.2, 0.25) is 0 Å². The molecule has 0 atom stereocenters. The van der Waals surface area contributed by atoms with E-state index in [0.29, 0.717) is 0 Å². The zero-order chi connectivity index (χ0) is 17.7. The van der Waals surface area contributed by atoms with Gasteiger partial charge in [-0.3, -0.25) is 0 Å². The summed E-state index contributed by atoms with van der Waals surface area (Å²) in [5.74, 6) is 0. The number of hydrogen-bond acceptors (Lipinski definition) is 2. The monoisotopic (exact) mass is 339 g/mol. The summed E-state index contributed by atoms with van der Waals surface area (Å²) in [6, 6.07) is 0. The molecule has 2 heteroatoms. The van der Waals surface area contributed by atoms with E-state index in [1.807, 2.05) is 11.8 Å². The van der Waals surface area contributed by atoms with E-state index in [9.17, 15) is 0 Å². The quantitative estimate of drug-likeness (QED) is 0.516. The zero-order valence-corrected chi connectivity index (χ0v) is 16.6. The summed E-state index contributed by atoms with van der Waals surface area (Å²) < 4.78 is 0. The average molecular weight is 340 g/mol. The van der Waals surface area contributed by atoms with Crippen molar-refractivity contribution >= 4 is 11.8 Å². The molecule has 24 heavy (non-hydrogen) atoms. The second kappa shape index (κ2) is 8.43. The largest absolute Gasteiger partial charge is 0.342 e. The van der Waals surface area contributed by atoms with Gasteiger partial charge in [-0.2, -0.15) is 0 Å². The van der Waals surface area contributed by atoms with Crippen molar-refractivity contribution in [2.75, 3.05) is 7.05 Å². The fourth-order valence-electron chi connectivity index (χ4n) is 3.18. The topological polar surface area (TPSA) is 3.24 Å². The van der Waals surface area contributed by atoms with Gasteiger partial charge in [0.1, 0.15) is 0 Å². The van der Waals surface area contributed by atoms with E-state index in [-0.39, 0.29) is 0 Å². The van der Waals surface area contributed by atoms with Crippen LogP contribution in [0.2, 0.25) is 0 Å². The molecule has 0 spiro atoms. The van der Waals surface area contributed by atoms with E-state index in [0.717, 1.165) is 12.8 Å². The van der Waals surface area contributed by atoms with Crippen molar-refractivity contribution in [1.29, 1.82) is 0 Å². The van der Waals surface area contributed by atoms with Gasteiger partial charge < -0.3 is 4.90 Å². The molecule has 1 heterocycles. The van der Waals surface area contributed by atoms with Crippen LogP contribution < -0.4 is 0 Å². The predicted molar refractivity (Wildman–Crippen MR) is 110 cm³/mol. The first-order valence-corrected chi connectivity index (χ1v) is 9.55. The van der Waals surface area contributed by atoms with Gasteiger partial charge in [-0.15, -0.1) is 0 Å². The summed E-state index contributed by atoms with van der Waals surface area (Å²) in [4.78, 5) is 5.11. The summed E-state index contributed by atoms with van der Waals surface area (Å²) in [5.41, 5.74) is 6.86. The second-order valence-electron chi connectivity index (χ2n) is 6.13. The van der Waals surface area contributed by atoms with Crippen molar-refractivity contribution in [2.45, 2.75) is 47.5 Å². The van der Waals surface area contributed by atoms with Crippen LogP contribution >= 0.6 is 11.8 Å². The van der Waals surface area contributed by atoms with Crippen LogP contribution in [-0.2, 0) is 0 Å². The Labute approximate surface area is 151 Å². The Balaban J connectivity index is 2.65. The SMILES string of the molecule is C/C=C\C(C1=C(C)SC(=C/C)/C(=C2/C=CC=CC2)N1C)=C(\C)CC. The second-order valence-corrected chi connectivity index (χ2v) is 7.39. The lowest BCUT2D eigenvalue weighted by molar-refractivity contribution is 0.532. The maximum Gasteiger partial charge on any atom is 0.0582 e. The van der Waals surface area contributed by atoms with E-state index < -0.39 is 0 Å². The lowest BCUT2D eigenvalue weighted by Gasteiger charge is -2.36. The molecule has 0 N–H and O–H groups in total. The number of nitrogens with zero attached hydrogens (tertiary/aromatic N) is 1. The first-order chi connectivity index (χ1) is 11.5.